The summed E-state index contributed by atoms with van der Waals surface area (Å²) in [6.07, 6.45) is 6.33. The molecule has 0 aliphatic carbocycles. The van der Waals surface area contributed by atoms with E-state index in [4.69, 9.17) is 0 Å². The number of nitrogens with zero attached hydrogens (tertiary/aromatic N) is 3. The summed E-state index contributed by atoms with van der Waals surface area (Å²) >= 11 is 0. The van der Waals surface area contributed by atoms with Crippen molar-refractivity contribution in [3.8, 4) is 0 Å². The van der Waals surface area contributed by atoms with Crippen molar-refractivity contribution >= 4 is 45.8 Å². The predicted octanol–water partition coefficient (Wildman–Crippen LogP) is 2.97. The van der Waals surface area contributed by atoms with Crippen molar-refractivity contribution in [3.63, 3.8) is 0 Å². The van der Waals surface area contributed by atoms with Crippen LogP contribution in [0.25, 0.3) is 6.08 Å². The average molecular weight is 549 g/mol. The first-order valence-corrected chi connectivity index (χ1v) is 12.3. The maximum absolute atomic E-state index is 11.4. The molecule has 30 heavy (non-hydrogen) atoms. The summed E-state index contributed by atoms with van der Waals surface area (Å²) in [6.45, 7) is 9.70. The maximum atomic E-state index is 11.4. The largest absolute Gasteiger partial charge is 0.356 e. The van der Waals surface area contributed by atoms with E-state index in [-0.39, 0.29) is 35.1 Å². The number of hydrogen-bond donors (Lipinski definition) is 1. The zero-order chi connectivity index (χ0) is 21.3. The fourth-order valence-corrected chi connectivity index (χ4v) is 4.17. The van der Waals surface area contributed by atoms with Gasteiger partial charge in [-0.25, -0.2) is 8.42 Å². The van der Waals surface area contributed by atoms with E-state index in [1.807, 2.05) is 6.07 Å². The fourth-order valence-electron chi connectivity index (χ4n) is 3.24. The average Bonchev–Trinajstić information content (AvgIpc) is 2.68. The van der Waals surface area contributed by atoms with Crippen molar-refractivity contribution in [3.05, 3.63) is 42.0 Å². The predicted molar refractivity (Wildman–Crippen MR) is 138 cm³/mol. The van der Waals surface area contributed by atoms with Gasteiger partial charge in [-0.15, -0.1) is 24.0 Å². The van der Waals surface area contributed by atoms with Crippen LogP contribution in [-0.2, 0) is 9.84 Å². The second kappa shape index (κ2) is 12.7. The third-order valence-electron chi connectivity index (χ3n) is 5.23. The van der Waals surface area contributed by atoms with Crippen LogP contribution in [0.5, 0.6) is 0 Å². The van der Waals surface area contributed by atoms with Crippen molar-refractivity contribution in [1.29, 1.82) is 0 Å². The van der Waals surface area contributed by atoms with Crippen LogP contribution in [0, 0.1) is 5.41 Å². The Morgan fingerprint density at radius 3 is 2.37 bits per heavy atom. The van der Waals surface area contributed by atoms with Crippen LogP contribution < -0.4 is 5.32 Å². The zero-order valence-corrected chi connectivity index (χ0v) is 21.8. The highest BCUT2D eigenvalue weighted by molar-refractivity contribution is 14.0. The quantitative estimate of drug-likeness (QED) is 0.308. The molecule has 0 saturated carbocycles. The fraction of sp³-hybridized carbons (Fsp3) is 0.591. The third kappa shape index (κ3) is 10.3. The molecule has 6 nitrogen and oxygen atoms in total. The summed E-state index contributed by atoms with van der Waals surface area (Å²) in [6, 6.07) is 10.4. The molecule has 0 aromatic heterocycles. The molecule has 0 radical (unpaired) electrons. The molecule has 1 aromatic rings. The number of sulfone groups is 1. The van der Waals surface area contributed by atoms with Crippen molar-refractivity contribution in [1.82, 2.24) is 15.1 Å². The van der Waals surface area contributed by atoms with Crippen LogP contribution in [-0.4, -0.2) is 82.5 Å². The summed E-state index contributed by atoms with van der Waals surface area (Å²) in [5, 5.41) is 3.44. The van der Waals surface area contributed by atoms with Gasteiger partial charge in [0.15, 0.2) is 5.96 Å². The summed E-state index contributed by atoms with van der Waals surface area (Å²) in [7, 11) is -1.13. The topological polar surface area (TPSA) is 65.0 Å². The molecule has 1 fully saturated rings. The van der Waals surface area contributed by atoms with E-state index in [2.05, 4.69) is 70.4 Å². The van der Waals surface area contributed by atoms with E-state index in [1.54, 1.807) is 7.05 Å². The highest BCUT2D eigenvalue weighted by atomic mass is 127. The Balaban J connectivity index is 0.00000450. The van der Waals surface area contributed by atoms with Crippen LogP contribution in [0.15, 0.2) is 41.4 Å². The van der Waals surface area contributed by atoms with Gasteiger partial charge in [0.1, 0.15) is 9.84 Å². The van der Waals surface area contributed by atoms with Gasteiger partial charge >= 0.3 is 0 Å². The molecule has 170 valence electrons. The van der Waals surface area contributed by atoms with E-state index in [0.29, 0.717) is 13.0 Å². The van der Waals surface area contributed by atoms with E-state index >= 15 is 0 Å². The van der Waals surface area contributed by atoms with Crippen LogP contribution in [0.1, 0.15) is 25.8 Å². The molecule has 0 atom stereocenters. The lowest BCUT2D eigenvalue weighted by molar-refractivity contribution is 0.193. The molecule has 1 saturated heterocycles. The van der Waals surface area contributed by atoms with Gasteiger partial charge in [0.2, 0.25) is 0 Å². The van der Waals surface area contributed by atoms with Crippen LogP contribution in [0.2, 0.25) is 0 Å². The summed E-state index contributed by atoms with van der Waals surface area (Å²) in [5.74, 6) is 1.12. The summed E-state index contributed by atoms with van der Waals surface area (Å²) in [4.78, 5) is 9.16. The van der Waals surface area contributed by atoms with Crippen LogP contribution >= 0.6 is 24.0 Å². The summed E-state index contributed by atoms with van der Waals surface area (Å²) < 4.78 is 22.9. The Hall–Kier alpha value is -1.13. The molecular weight excluding hydrogens is 511 g/mol. The molecule has 0 amide bonds. The first kappa shape index (κ1) is 26.9. The Morgan fingerprint density at radius 2 is 1.80 bits per heavy atom. The zero-order valence-electron chi connectivity index (χ0n) is 18.7. The van der Waals surface area contributed by atoms with E-state index in [9.17, 15) is 8.42 Å². The standard InChI is InChI=1S/C22H36N4O2S.HI/c1-22(2,12-18-29(4,27)28)19-24-21(23-3)26-16-14-25(15-17-26)13-8-11-20-9-6-5-7-10-20;/h5-11H,12-19H2,1-4H3,(H,23,24);1H/b11-8+;. The van der Waals surface area contributed by atoms with Crippen molar-refractivity contribution in [2.24, 2.45) is 10.4 Å². The molecule has 0 unspecified atom stereocenters. The van der Waals surface area contributed by atoms with Crippen molar-refractivity contribution in [2.75, 3.05) is 58.3 Å². The SMILES string of the molecule is CN=C(NCC(C)(C)CCS(C)(=O)=O)N1CCN(C/C=C/c2ccccc2)CC1.I. The molecule has 0 bridgehead atoms. The number of hydrogen-bond acceptors (Lipinski definition) is 4. The normalized spacial score (nSPS) is 16.5. The molecule has 2 rings (SSSR count). The molecule has 1 aliphatic heterocycles. The maximum Gasteiger partial charge on any atom is 0.193 e. The molecule has 1 aliphatic rings. The first-order chi connectivity index (χ1) is 13.7. The number of guanidine groups is 1. The highest BCUT2D eigenvalue weighted by Gasteiger charge is 2.23. The molecular formula is C22H37IN4O2S. The Morgan fingerprint density at radius 1 is 1.17 bits per heavy atom. The van der Waals surface area contributed by atoms with Gasteiger partial charge in [-0.3, -0.25) is 9.89 Å². The minimum Gasteiger partial charge on any atom is -0.356 e. The van der Waals surface area contributed by atoms with Gasteiger partial charge in [-0.05, 0) is 17.4 Å². The number of nitrogens with one attached hydrogen (secondary N) is 1. The number of halogens is 1. The monoisotopic (exact) mass is 548 g/mol. The highest BCUT2D eigenvalue weighted by Crippen LogP contribution is 2.20. The third-order valence-corrected chi connectivity index (χ3v) is 6.18. The van der Waals surface area contributed by atoms with E-state index in [0.717, 1.165) is 38.7 Å². The lowest BCUT2D eigenvalue weighted by Gasteiger charge is -2.37. The Labute approximate surface area is 199 Å². The Kier molecular flexibility index (Phi) is 11.4. The molecule has 1 N–H and O–H groups in total. The smallest absolute Gasteiger partial charge is 0.193 e. The van der Waals surface area contributed by atoms with Crippen molar-refractivity contribution in [2.45, 2.75) is 20.3 Å². The van der Waals surface area contributed by atoms with Gasteiger partial charge in [0.05, 0.1) is 5.75 Å². The van der Waals surface area contributed by atoms with E-state index < -0.39 is 9.84 Å². The lowest BCUT2D eigenvalue weighted by Crippen LogP contribution is -2.53. The minimum absolute atomic E-state index is 0. The number of rotatable bonds is 8. The van der Waals surface area contributed by atoms with Crippen LogP contribution in [0.3, 0.4) is 0 Å². The second-order valence-corrected chi connectivity index (χ2v) is 10.8. The van der Waals surface area contributed by atoms with Gasteiger partial charge in [0.25, 0.3) is 0 Å². The number of piperazine rings is 1. The molecule has 1 aromatic carbocycles. The number of aliphatic imine (C=N–C) groups is 1. The molecule has 0 spiro atoms. The van der Waals surface area contributed by atoms with Crippen LogP contribution in [0.4, 0.5) is 0 Å². The minimum atomic E-state index is -2.93. The molecule has 1 heterocycles. The summed E-state index contributed by atoms with van der Waals surface area (Å²) in [5.41, 5.74) is 1.12. The Bertz CT molecular complexity index is 787. The second-order valence-electron chi connectivity index (χ2n) is 8.55. The first-order valence-electron chi connectivity index (χ1n) is 10.3. The number of benzene rings is 1. The van der Waals surface area contributed by atoms with Gasteiger partial charge in [0, 0.05) is 52.6 Å². The van der Waals surface area contributed by atoms with Gasteiger partial charge in [-0.2, -0.15) is 0 Å². The van der Waals surface area contributed by atoms with Crippen molar-refractivity contribution < 1.29 is 8.42 Å². The van der Waals surface area contributed by atoms with E-state index in [1.165, 1.54) is 11.8 Å². The molecule has 8 heteroatoms. The van der Waals surface area contributed by atoms with Gasteiger partial charge in [-0.1, -0.05) is 56.3 Å². The lowest BCUT2D eigenvalue weighted by atomic mass is 9.90. The van der Waals surface area contributed by atoms with Gasteiger partial charge < -0.3 is 10.2 Å².